The van der Waals surface area contributed by atoms with Gasteiger partial charge in [-0.1, -0.05) is 18.2 Å². The standard InChI is InChI=1S/C21H21N7O2S/c29-31(30)24-11-14-3-1-2-4-18(14)26-20-17(13-5-6-13)12-22-21(27-20)25-16-8-7-15-10-23-28-19(15)9-16/h1-4,7-10,12-13,24H,5-6,11H2,(H,23,28)(H,29,30)(H2,22,25,26,27). The number of aromatic amines is 1. The summed E-state index contributed by atoms with van der Waals surface area (Å²) in [6.45, 7) is 0.255. The number of hydrogen-bond donors (Lipinski definition) is 5. The maximum Gasteiger partial charge on any atom is 0.232 e. The van der Waals surface area contributed by atoms with Gasteiger partial charge < -0.3 is 10.6 Å². The molecule has 2 heterocycles. The first-order valence-electron chi connectivity index (χ1n) is 9.92. The summed E-state index contributed by atoms with van der Waals surface area (Å²) in [6.07, 6.45) is 5.89. The molecule has 1 aliphatic rings. The molecule has 5 rings (SSSR count). The number of rotatable bonds is 8. The Labute approximate surface area is 181 Å². The van der Waals surface area contributed by atoms with Crippen LogP contribution < -0.4 is 15.4 Å². The fourth-order valence-corrected chi connectivity index (χ4v) is 3.73. The fourth-order valence-electron chi connectivity index (χ4n) is 3.45. The summed E-state index contributed by atoms with van der Waals surface area (Å²) < 4.78 is 22.6. The summed E-state index contributed by atoms with van der Waals surface area (Å²) in [5.41, 5.74) is 4.55. The Morgan fingerprint density at radius 3 is 2.84 bits per heavy atom. The van der Waals surface area contributed by atoms with Crippen LogP contribution in [0.1, 0.15) is 29.9 Å². The average molecular weight is 436 g/mol. The Hall–Kier alpha value is -3.34. The predicted molar refractivity (Wildman–Crippen MR) is 121 cm³/mol. The molecular weight excluding hydrogens is 414 g/mol. The Balaban J connectivity index is 1.43. The highest BCUT2D eigenvalue weighted by molar-refractivity contribution is 7.77. The molecule has 2 aromatic heterocycles. The molecule has 0 spiro atoms. The molecule has 31 heavy (non-hydrogen) atoms. The van der Waals surface area contributed by atoms with Gasteiger partial charge in [0.05, 0.1) is 11.7 Å². The Bertz CT molecular complexity index is 1260. The molecule has 0 saturated heterocycles. The monoisotopic (exact) mass is 435 g/mol. The van der Waals surface area contributed by atoms with Crippen molar-refractivity contribution in [2.75, 3.05) is 10.6 Å². The van der Waals surface area contributed by atoms with Gasteiger partial charge in [-0.2, -0.15) is 10.1 Å². The fraction of sp³-hybridized carbons (Fsp3) is 0.190. The summed E-state index contributed by atoms with van der Waals surface area (Å²) in [5.74, 6) is 1.67. The topological polar surface area (TPSA) is 128 Å². The second-order valence-corrected chi connectivity index (χ2v) is 8.21. The molecule has 1 saturated carbocycles. The van der Waals surface area contributed by atoms with E-state index in [2.05, 4.69) is 30.5 Å². The number of fused-ring (bicyclic) bond motifs is 1. The van der Waals surface area contributed by atoms with Crippen molar-refractivity contribution in [1.29, 1.82) is 0 Å². The minimum atomic E-state index is -2.08. The molecule has 4 aromatic rings. The van der Waals surface area contributed by atoms with Crippen molar-refractivity contribution in [3.63, 3.8) is 0 Å². The molecule has 1 fully saturated rings. The van der Waals surface area contributed by atoms with E-state index in [-0.39, 0.29) is 6.54 Å². The van der Waals surface area contributed by atoms with E-state index < -0.39 is 11.3 Å². The van der Waals surface area contributed by atoms with Crippen LogP contribution >= 0.6 is 0 Å². The van der Waals surface area contributed by atoms with E-state index >= 15 is 0 Å². The van der Waals surface area contributed by atoms with Gasteiger partial charge in [-0.15, -0.1) is 0 Å². The first-order valence-corrected chi connectivity index (χ1v) is 11.0. The first kappa shape index (κ1) is 19.6. The van der Waals surface area contributed by atoms with E-state index in [1.165, 1.54) is 0 Å². The number of H-pyrrole nitrogens is 1. The van der Waals surface area contributed by atoms with Crippen LogP contribution in [0.2, 0.25) is 0 Å². The summed E-state index contributed by atoms with van der Waals surface area (Å²) in [7, 11) is 0. The molecule has 1 atom stereocenters. The lowest BCUT2D eigenvalue weighted by Crippen LogP contribution is -2.16. The molecule has 2 aromatic carbocycles. The normalized spacial score (nSPS) is 14.5. The number of aromatic nitrogens is 4. The summed E-state index contributed by atoms with van der Waals surface area (Å²) >= 11 is -2.08. The second-order valence-electron chi connectivity index (χ2n) is 7.42. The molecule has 0 amide bonds. The summed E-state index contributed by atoms with van der Waals surface area (Å²) in [6, 6.07) is 13.5. The number of hydrogen-bond acceptors (Lipinski definition) is 6. The van der Waals surface area contributed by atoms with Gasteiger partial charge in [0.15, 0.2) is 0 Å². The van der Waals surface area contributed by atoms with Gasteiger partial charge in [-0.05, 0) is 48.6 Å². The van der Waals surface area contributed by atoms with Crippen molar-refractivity contribution in [1.82, 2.24) is 24.9 Å². The second kappa shape index (κ2) is 8.42. The molecule has 1 unspecified atom stereocenters. The number of nitrogens with one attached hydrogen (secondary N) is 4. The minimum absolute atomic E-state index is 0.255. The van der Waals surface area contributed by atoms with Gasteiger partial charge in [0.2, 0.25) is 17.2 Å². The molecule has 1 aliphatic carbocycles. The minimum Gasteiger partial charge on any atom is -0.340 e. The van der Waals surface area contributed by atoms with Gasteiger partial charge in [-0.25, -0.2) is 13.9 Å². The third-order valence-electron chi connectivity index (χ3n) is 5.19. The molecule has 158 valence electrons. The van der Waals surface area contributed by atoms with Gasteiger partial charge in [0.25, 0.3) is 0 Å². The van der Waals surface area contributed by atoms with Gasteiger partial charge in [0, 0.05) is 35.1 Å². The van der Waals surface area contributed by atoms with Crippen molar-refractivity contribution in [2.45, 2.75) is 25.3 Å². The molecule has 0 radical (unpaired) electrons. The third kappa shape index (κ3) is 4.55. The van der Waals surface area contributed by atoms with Crippen LogP contribution in [-0.4, -0.2) is 28.9 Å². The SMILES string of the molecule is O=S(O)NCc1ccccc1Nc1nc(Nc2ccc3cn[nH]c3c2)ncc1C1CC1. The third-order valence-corrected chi connectivity index (χ3v) is 5.58. The number of anilines is 4. The molecular formula is C21H21N7O2S. The molecule has 0 aliphatic heterocycles. The van der Waals surface area contributed by atoms with E-state index in [0.29, 0.717) is 11.9 Å². The average Bonchev–Trinajstić information content (AvgIpc) is 3.50. The van der Waals surface area contributed by atoms with Crippen molar-refractivity contribution in [3.8, 4) is 0 Å². The lowest BCUT2D eigenvalue weighted by atomic mass is 10.1. The van der Waals surface area contributed by atoms with Gasteiger partial charge >= 0.3 is 0 Å². The Kier molecular flexibility index (Phi) is 5.33. The molecule has 5 N–H and O–H groups in total. The number of para-hydroxylation sites is 1. The first-order chi connectivity index (χ1) is 15.2. The van der Waals surface area contributed by atoms with Crippen molar-refractivity contribution in [3.05, 3.63) is 66.0 Å². The molecule has 10 heteroatoms. The van der Waals surface area contributed by atoms with Crippen molar-refractivity contribution < 1.29 is 8.76 Å². The van der Waals surface area contributed by atoms with Crippen LogP contribution in [0.3, 0.4) is 0 Å². The van der Waals surface area contributed by atoms with E-state index in [1.54, 1.807) is 6.20 Å². The van der Waals surface area contributed by atoms with Crippen LogP contribution in [0.4, 0.5) is 23.1 Å². The summed E-state index contributed by atoms with van der Waals surface area (Å²) in [5, 5.41) is 14.7. The van der Waals surface area contributed by atoms with E-state index in [1.807, 2.05) is 48.7 Å². The maximum atomic E-state index is 11.0. The lowest BCUT2D eigenvalue weighted by Gasteiger charge is -2.15. The number of benzene rings is 2. The van der Waals surface area contributed by atoms with E-state index in [9.17, 15) is 4.21 Å². The van der Waals surface area contributed by atoms with E-state index in [0.717, 1.165) is 52.1 Å². The van der Waals surface area contributed by atoms with Crippen molar-refractivity contribution in [2.24, 2.45) is 0 Å². The van der Waals surface area contributed by atoms with Crippen LogP contribution in [0.5, 0.6) is 0 Å². The quantitative estimate of drug-likeness (QED) is 0.265. The van der Waals surface area contributed by atoms with Crippen LogP contribution in [0, 0.1) is 0 Å². The largest absolute Gasteiger partial charge is 0.340 e. The van der Waals surface area contributed by atoms with Crippen LogP contribution in [0.15, 0.2) is 54.9 Å². The van der Waals surface area contributed by atoms with Crippen molar-refractivity contribution >= 4 is 45.3 Å². The van der Waals surface area contributed by atoms with Crippen LogP contribution in [0.25, 0.3) is 10.9 Å². The highest BCUT2D eigenvalue weighted by Crippen LogP contribution is 2.43. The van der Waals surface area contributed by atoms with Gasteiger partial charge in [-0.3, -0.25) is 9.65 Å². The molecule has 0 bridgehead atoms. The lowest BCUT2D eigenvalue weighted by molar-refractivity contribution is 0.549. The predicted octanol–water partition coefficient (Wildman–Crippen LogP) is 3.94. The zero-order valence-corrected chi connectivity index (χ0v) is 17.3. The van der Waals surface area contributed by atoms with E-state index in [4.69, 9.17) is 9.54 Å². The smallest absolute Gasteiger partial charge is 0.232 e. The maximum absolute atomic E-state index is 11.0. The zero-order chi connectivity index (χ0) is 21.2. The Morgan fingerprint density at radius 1 is 1.13 bits per heavy atom. The van der Waals surface area contributed by atoms with Crippen LogP contribution in [-0.2, 0) is 17.8 Å². The Morgan fingerprint density at radius 2 is 2.00 bits per heavy atom. The summed E-state index contributed by atoms with van der Waals surface area (Å²) in [4.78, 5) is 9.25. The van der Waals surface area contributed by atoms with Gasteiger partial charge in [0.1, 0.15) is 5.82 Å². The highest BCUT2D eigenvalue weighted by atomic mass is 32.2. The number of nitrogens with zero attached hydrogens (tertiary/aromatic N) is 3. The highest BCUT2D eigenvalue weighted by Gasteiger charge is 2.28. The zero-order valence-electron chi connectivity index (χ0n) is 16.5. The molecule has 9 nitrogen and oxygen atoms in total.